The average Bonchev–Trinajstić information content (AvgIpc) is 2.48. The highest BCUT2D eigenvalue weighted by Crippen LogP contribution is 2.27. The van der Waals surface area contributed by atoms with Crippen LogP contribution in [0.25, 0.3) is 0 Å². The lowest BCUT2D eigenvalue weighted by molar-refractivity contribution is 0.441. The van der Waals surface area contributed by atoms with Gasteiger partial charge in [-0.2, -0.15) is 0 Å². The van der Waals surface area contributed by atoms with Crippen LogP contribution in [0.3, 0.4) is 0 Å². The third-order valence-corrected chi connectivity index (χ3v) is 3.70. The second-order valence-electron chi connectivity index (χ2n) is 4.92. The lowest BCUT2D eigenvalue weighted by atomic mass is 10.1. The maximum absolute atomic E-state index is 13.7. The molecular weight excluding hydrogens is 333 g/mol. The maximum atomic E-state index is 13.7. The summed E-state index contributed by atoms with van der Waals surface area (Å²) >= 11 is 3.23. The molecule has 2 aromatic carbocycles. The monoisotopic (exact) mass is 351 g/mol. The molecule has 0 heterocycles. The van der Waals surface area contributed by atoms with Crippen LogP contribution in [-0.2, 0) is 0 Å². The lowest BCUT2D eigenvalue weighted by Crippen LogP contribution is -2.19. The summed E-state index contributed by atoms with van der Waals surface area (Å²) in [5.74, 6) is 0.470. The molecule has 0 aromatic heterocycles. The van der Waals surface area contributed by atoms with Gasteiger partial charge in [0.15, 0.2) is 11.6 Å². The quantitative estimate of drug-likeness (QED) is 0.747. The van der Waals surface area contributed by atoms with Crippen LogP contribution >= 0.6 is 15.9 Å². The molecule has 0 aliphatic heterocycles. The van der Waals surface area contributed by atoms with Crippen molar-refractivity contribution >= 4 is 15.9 Å². The van der Waals surface area contributed by atoms with Crippen LogP contribution in [0.15, 0.2) is 46.9 Å². The summed E-state index contributed by atoms with van der Waals surface area (Å²) < 4.78 is 20.0. The Hall–Kier alpha value is -1.39. The van der Waals surface area contributed by atoms with Gasteiger partial charge in [-0.25, -0.2) is 4.39 Å². The minimum Gasteiger partial charge on any atom is -0.454 e. The number of hydrogen-bond donors (Lipinski definition) is 1. The van der Waals surface area contributed by atoms with E-state index < -0.39 is 0 Å². The van der Waals surface area contributed by atoms with E-state index in [-0.39, 0.29) is 11.6 Å². The summed E-state index contributed by atoms with van der Waals surface area (Å²) in [6.45, 7) is 5.26. The van der Waals surface area contributed by atoms with Crippen LogP contribution in [0, 0.1) is 5.82 Å². The van der Waals surface area contributed by atoms with Gasteiger partial charge in [0.25, 0.3) is 0 Å². The molecule has 112 valence electrons. The minimum absolute atomic E-state index is 0.225. The van der Waals surface area contributed by atoms with Gasteiger partial charge in [-0.05, 0) is 55.8 Å². The molecule has 2 nitrogen and oxygen atoms in total. The highest BCUT2D eigenvalue weighted by atomic mass is 79.9. The number of ether oxygens (including phenoxy) is 1. The Bertz CT molecular complexity index is 586. The Morgan fingerprint density at radius 2 is 1.90 bits per heavy atom. The van der Waals surface area contributed by atoms with Crippen molar-refractivity contribution in [3.05, 3.63) is 58.3 Å². The fourth-order valence-electron chi connectivity index (χ4n) is 1.99. The van der Waals surface area contributed by atoms with Crippen LogP contribution in [0.5, 0.6) is 11.5 Å². The highest BCUT2D eigenvalue weighted by Gasteiger charge is 2.07. The second kappa shape index (κ2) is 7.57. The maximum Gasteiger partial charge on any atom is 0.166 e. The van der Waals surface area contributed by atoms with Crippen LogP contribution in [0.2, 0.25) is 0 Å². The molecule has 0 saturated heterocycles. The van der Waals surface area contributed by atoms with E-state index in [1.807, 2.05) is 24.3 Å². The van der Waals surface area contributed by atoms with E-state index in [2.05, 4.69) is 35.1 Å². The molecule has 1 N–H and O–H groups in total. The largest absolute Gasteiger partial charge is 0.454 e. The van der Waals surface area contributed by atoms with Crippen molar-refractivity contribution < 1.29 is 9.13 Å². The summed E-state index contributed by atoms with van der Waals surface area (Å²) in [4.78, 5) is 0. The van der Waals surface area contributed by atoms with E-state index >= 15 is 0 Å². The Morgan fingerprint density at radius 3 is 2.52 bits per heavy atom. The van der Waals surface area contributed by atoms with Gasteiger partial charge in [0.2, 0.25) is 0 Å². The molecule has 0 bridgehead atoms. The molecule has 0 amide bonds. The first-order chi connectivity index (χ1) is 10.1. The summed E-state index contributed by atoms with van der Waals surface area (Å²) in [5, 5.41) is 3.43. The molecule has 2 aromatic rings. The summed E-state index contributed by atoms with van der Waals surface area (Å²) in [6.07, 6.45) is 1.11. The Kier molecular flexibility index (Phi) is 5.76. The Balaban J connectivity index is 2.05. The van der Waals surface area contributed by atoms with Crippen molar-refractivity contribution in [2.45, 2.75) is 26.3 Å². The summed E-state index contributed by atoms with van der Waals surface area (Å²) in [7, 11) is 0. The normalized spacial score (nSPS) is 12.2. The fourth-order valence-corrected chi connectivity index (χ4v) is 2.32. The van der Waals surface area contributed by atoms with Crippen molar-refractivity contribution in [3.63, 3.8) is 0 Å². The molecule has 1 atom stereocenters. The summed E-state index contributed by atoms with van der Waals surface area (Å²) in [5.41, 5.74) is 1.19. The van der Waals surface area contributed by atoms with Gasteiger partial charge in [-0.1, -0.05) is 35.0 Å². The zero-order chi connectivity index (χ0) is 15.2. The van der Waals surface area contributed by atoms with E-state index in [0.29, 0.717) is 16.3 Å². The topological polar surface area (TPSA) is 21.3 Å². The van der Waals surface area contributed by atoms with Crippen molar-refractivity contribution in [3.8, 4) is 11.5 Å². The number of hydrogen-bond acceptors (Lipinski definition) is 2. The Morgan fingerprint density at radius 1 is 1.19 bits per heavy atom. The van der Waals surface area contributed by atoms with Gasteiger partial charge in [0.1, 0.15) is 5.75 Å². The molecule has 0 radical (unpaired) electrons. The van der Waals surface area contributed by atoms with Crippen molar-refractivity contribution in [1.29, 1.82) is 0 Å². The fraction of sp³-hybridized carbons (Fsp3) is 0.294. The van der Waals surface area contributed by atoms with E-state index in [0.717, 1.165) is 13.0 Å². The first kappa shape index (κ1) is 16.0. The van der Waals surface area contributed by atoms with Crippen LogP contribution in [0.1, 0.15) is 31.9 Å². The number of nitrogens with one attached hydrogen (secondary N) is 1. The third kappa shape index (κ3) is 4.55. The van der Waals surface area contributed by atoms with E-state index in [1.54, 1.807) is 12.1 Å². The molecule has 4 heteroatoms. The Labute approximate surface area is 133 Å². The van der Waals surface area contributed by atoms with Crippen molar-refractivity contribution in [2.24, 2.45) is 0 Å². The predicted octanol–water partition coefficient (Wildman–Crippen LogP) is 5.44. The van der Waals surface area contributed by atoms with Gasteiger partial charge >= 0.3 is 0 Å². The molecule has 1 unspecified atom stereocenters. The SMILES string of the molecule is CCCNC(C)c1ccc(Oc2ccc(Br)cc2F)cc1. The average molecular weight is 352 g/mol. The van der Waals surface area contributed by atoms with Crippen LogP contribution in [0.4, 0.5) is 4.39 Å². The van der Waals surface area contributed by atoms with E-state index in [1.165, 1.54) is 11.6 Å². The van der Waals surface area contributed by atoms with Gasteiger partial charge in [-0.3, -0.25) is 0 Å². The van der Waals surface area contributed by atoms with Crippen LogP contribution < -0.4 is 10.1 Å². The first-order valence-electron chi connectivity index (χ1n) is 7.06. The molecule has 21 heavy (non-hydrogen) atoms. The van der Waals surface area contributed by atoms with Crippen molar-refractivity contribution in [2.75, 3.05) is 6.54 Å². The second-order valence-corrected chi connectivity index (χ2v) is 5.84. The number of halogens is 2. The molecule has 0 spiro atoms. The number of benzene rings is 2. The number of rotatable bonds is 6. The highest BCUT2D eigenvalue weighted by molar-refractivity contribution is 9.10. The zero-order valence-corrected chi connectivity index (χ0v) is 13.8. The van der Waals surface area contributed by atoms with Crippen LogP contribution in [-0.4, -0.2) is 6.54 Å². The minimum atomic E-state index is -0.383. The lowest BCUT2D eigenvalue weighted by Gasteiger charge is -2.14. The van der Waals surface area contributed by atoms with Crippen molar-refractivity contribution in [1.82, 2.24) is 5.32 Å². The van der Waals surface area contributed by atoms with E-state index in [9.17, 15) is 4.39 Å². The van der Waals surface area contributed by atoms with Gasteiger partial charge in [0, 0.05) is 10.5 Å². The molecule has 0 aliphatic carbocycles. The third-order valence-electron chi connectivity index (χ3n) is 3.20. The molecule has 0 saturated carbocycles. The smallest absolute Gasteiger partial charge is 0.166 e. The predicted molar refractivity (Wildman–Crippen MR) is 87.3 cm³/mol. The van der Waals surface area contributed by atoms with Gasteiger partial charge in [-0.15, -0.1) is 0 Å². The van der Waals surface area contributed by atoms with E-state index in [4.69, 9.17) is 4.74 Å². The standard InChI is InChI=1S/C17H19BrFNO/c1-3-10-20-12(2)13-4-7-15(8-5-13)21-17-9-6-14(18)11-16(17)19/h4-9,11-12,20H,3,10H2,1-2H3. The molecule has 0 aliphatic rings. The van der Waals surface area contributed by atoms with Gasteiger partial charge in [0.05, 0.1) is 0 Å². The first-order valence-corrected chi connectivity index (χ1v) is 7.85. The zero-order valence-electron chi connectivity index (χ0n) is 12.2. The molecule has 2 rings (SSSR count). The van der Waals surface area contributed by atoms with Gasteiger partial charge < -0.3 is 10.1 Å². The molecule has 0 fully saturated rings. The summed E-state index contributed by atoms with van der Waals surface area (Å²) in [6, 6.07) is 12.8. The molecular formula is C17H19BrFNO.